The van der Waals surface area contributed by atoms with Crippen LogP contribution in [0.3, 0.4) is 0 Å². The molecule has 0 aliphatic heterocycles. The summed E-state index contributed by atoms with van der Waals surface area (Å²) in [5.74, 6) is 1.57. The molecule has 0 saturated carbocycles. The van der Waals surface area contributed by atoms with E-state index in [2.05, 4.69) is 11.6 Å². The molecular formula is C11H17NOS. The second-order valence-corrected chi connectivity index (χ2v) is 4.14. The first-order chi connectivity index (χ1) is 6.84. The van der Waals surface area contributed by atoms with Crippen LogP contribution < -0.4 is 5.32 Å². The fourth-order valence-electron chi connectivity index (χ4n) is 1.22. The third-order valence-electron chi connectivity index (χ3n) is 2.01. The molecule has 0 aliphatic rings. The lowest BCUT2D eigenvalue weighted by Gasteiger charge is -2.05. The van der Waals surface area contributed by atoms with Gasteiger partial charge in [-0.05, 0) is 31.0 Å². The zero-order valence-electron chi connectivity index (χ0n) is 8.49. The summed E-state index contributed by atoms with van der Waals surface area (Å²) in [6, 6.07) is 7.45. The number of hydrogen-bond donors (Lipinski definition) is 2. The molecule has 0 spiro atoms. The lowest BCUT2D eigenvalue weighted by Crippen LogP contribution is -2.15. The van der Waals surface area contributed by atoms with E-state index in [0.29, 0.717) is 5.75 Å². The van der Waals surface area contributed by atoms with Crippen molar-refractivity contribution in [1.82, 2.24) is 5.32 Å². The zero-order chi connectivity index (χ0) is 10.2. The Balaban J connectivity index is 2.21. The summed E-state index contributed by atoms with van der Waals surface area (Å²) in [6.07, 6.45) is 3.29. The maximum absolute atomic E-state index is 9.47. The number of phenols is 1. The van der Waals surface area contributed by atoms with Crippen LogP contribution in [0.25, 0.3) is 0 Å². The summed E-state index contributed by atoms with van der Waals surface area (Å²) in [6.45, 7) is 1.76. The highest BCUT2D eigenvalue weighted by Gasteiger charge is 1.97. The summed E-state index contributed by atoms with van der Waals surface area (Å²) < 4.78 is 0. The fraction of sp³-hybridized carbons (Fsp3) is 0.455. The van der Waals surface area contributed by atoms with E-state index < -0.39 is 0 Å². The van der Waals surface area contributed by atoms with Gasteiger partial charge in [-0.3, -0.25) is 0 Å². The van der Waals surface area contributed by atoms with Crippen LogP contribution in [-0.4, -0.2) is 23.7 Å². The Morgan fingerprint density at radius 2 is 2.14 bits per heavy atom. The van der Waals surface area contributed by atoms with Crippen molar-refractivity contribution in [2.24, 2.45) is 0 Å². The maximum atomic E-state index is 9.47. The lowest BCUT2D eigenvalue weighted by atomic mass is 10.2. The third kappa shape index (κ3) is 4.03. The number of aromatic hydroxyl groups is 1. The maximum Gasteiger partial charge on any atom is 0.120 e. The Hall–Kier alpha value is -0.670. The Bertz CT molecular complexity index is 265. The monoisotopic (exact) mass is 211 g/mol. The van der Waals surface area contributed by atoms with Gasteiger partial charge in [-0.1, -0.05) is 18.2 Å². The van der Waals surface area contributed by atoms with Crippen LogP contribution in [-0.2, 0) is 6.54 Å². The SMILES string of the molecule is CSCCCNCc1ccccc1O. The van der Waals surface area contributed by atoms with Gasteiger partial charge >= 0.3 is 0 Å². The molecule has 0 heterocycles. The molecule has 0 fully saturated rings. The van der Waals surface area contributed by atoms with Gasteiger partial charge < -0.3 is 10.4 Å². The molecule has 0 radical (unpaired) electrons. The predicted octanol–water partition coefficient (Wildman–Crippen LogP) is 2.23. The summed E-state index contributed by atoms with van der Waals surface area (Å²) in [5.41, 5.74) is 0.969. The molecule has 0 aromatic heterocycles. The van der Waals surface area contributed by atoms with Crippen LogP contribution >= 0.6 is 11.8 Å². The van der Waals surface area contributed by atoms with Gasteiger partial charge in [-0.15, -0.1) is 0 Å². The van der Waals surface area contributed by atoms with E-state index in [1.165, 1.54) is 12.2 Å². The first-order valence-corrected chi connectivity index (χ1v) is 6.20. The molecule has 3 heteroatoms. The highest BCUT2D eigenvalue weighted by molar-refractivity contribution is 7.98. The molecule has 2 nitrogen and oxygen atoms in total. The lowest BCUT2D eigenvalue weighted by molar-refractivity contribution is 0.464. The van der Waals surface area contributed by atoms with E-state index in [4.69, 9.17) is 0 Å². The quantitative estimate of drug-likeness (QED) is 0.708. The highest BCUT2D eigenvalue weighted by Crippen LogP contribution is 2.14. The second kappa shape index (κ2) is 6.74. The van der Waals surface area contributed by atoms with Crippen LogP contribution in [0.1, 0.15) is 12.0 Å². The number of nitrogens with one attached hydrogen (secondary N) is 1. The normalized spacial score (nSPS) is 10.4. The standard InChI is InChI=1S/C11H17NOS/c1-14-8-4-7-12-9-10-5-2-3-6-11(10)13/h2-3,5-6,12-13H,4,7-9H2,1H3. The minimum absolute atomic E-state index is 0.380. The number of phenolic OH excluding ortho intramolecular Hbond substituents is 1. The van der Waals surface area contributed by atoms with Crippen LogP contribution in [0, 0.1) is 0 Å². The molecule has 0 bridgehead atoms. The van der Waals surface area contributed by atoms with Crippen molar-refractivity contribution in [3.63, 3.8) is 0 Å². The summed E-state index contributed by atoms with van der Waals surface area (Å²) >= 11 is 1.86. The van der Waals surface area contributed by atoms with E-state index >= 15 is 0 Å². The molecule has 0 unspecified atom stereocenters. The van der Waals surface area contributed by atoms with E-state index in [0.717, 1.165) is 18.7 Å². The molecule has 2 N–H and O–H groups in total. The molecule has 78 valence electrons. The number of hydrogen-bond acceptors (Lipinski definition) is 3. The molecule has 0 amide bonds. The molecular weight excluding hydrogens is 194 g/mol. The molecule has 0 aliphatic carbocycles. The van der Waals surface area contributed by atoms with E-state index in [9.17, 15) is 5.11 Å². The highest BCUT2D eigenvalue weighted by atomic mass is 32.2. The van der Waals surface area contributed by atoms with Crippen molar-refractivity contribution in [3.8, 4) is 5.75 Å². The second-order valence-electron chi connectivity index (χ2n) is 3.15. The predicted molar refractivity (Wildman–Crippen MR) is 62.8 cm³/mol. The average Bonchev–Trinajstić information content (AvgIpc) is 2.20. The summed E-state index contributed by atoms with van der Waals surface area (Å²) in [5, 5.41) is 12.8. The zero-order valence-corrected chi connectivity index (χ0v) is 9.31. The number of rotatable bonds is 6. The van der Waals surface area contributed by atoms with Gasteiger partial charge in [0, 0.05) is 12.1 Å². The summed E-state index contributed by atoms with van der Waals surface area (Å²) in [4.78, 5) is 0. The van der Waals surface area contributed by atoms with Gasteiger partial charge in [0.15, 0.2) is 0 Å². The van der Waals surface area contributed by atoms with Gasteiger partial charge in [-0.25, -0.2) is 0 Å². The Kier molecular flexibility index (Phi) is 5.49. The van der Waals surface area contributed by atoms with E-state index in [1.807, 2.05) is 30.0 Å². The Labute approximate surface area is 89.7 Å². The van der Waals surface area contributed by atoms with Crippen LogP contribution in [0.15, 0.2) is 24.3 Å². The first-order valence-electron chi connectivity index (χ1n) is 4.81. The van der Waals surface area contributed by atoms with Crippen molar-refractivity contribution in [2.75, 3.05) is 18.6 Å². The minimum atomic E-state index is 0.380. The van der Waals surface area contributed by atoms with E-state index in [1.54, 1.807) is 6.07 Å². The van der Waals surface area contributed by atoms with Crippen molar-refractivity contribution < 1.29 is 5.11 Å². The third-order valence-corrected chi connectivity index (χ3v) is 2.71. The molecule has 14 heavy (non-hydrogen) atoms. The Morgan fingerprint density at radius 1 is 1.36 bits per heavy atom. The smallest absolute Gasteiger partial charge is 0.120 e. The van der Waals surface area contributed by atoms with Gasteiger partial charge in [-0.2, -0.15) is 11.8 Å². The van der Waals surface area contributed by atoms with Crippen LogP contribution in [0.4, 0.5) is 0 Å². The van der Waals surface area contributed by atoms with Crippen molar-refractivity contribution in [1.29, 1.82) is 0 Å². The van der Waals surface area contributed by atoms with Gasteiger partial charge in [0.25, 0.3) is 0 Å². The van der Waals surface area contributed by atoms with Gasteiger partial charge in [0.1, 0.15) is 5.75 Å². The fourth-order valence-corrected chi connectivity index (χ4v) is 1.66. The average molecular weight is 211 g/mol. The molecule has 0 saturated heterocycles. The summed E-state index contributed by atoms with van der Waals surface area (Å²) in [7, 11) is 0. The first kappa shape index (κ1) is 11.4. The molecule has 1 aromatic carbocycles. The van der Waals surface area contributed by atoms with Crippen molar-refractivity contribution >= 4 is 11.8 Å². The topological polar surface area (TPSA) is 32.3 Å². The number of thioether (sulfide) groups is 1. The number of benzene rings is 1. The van der Waals surface area contributed by atoms with Crippen LogP contribution in [0.5, 0.6) is 5.75 Å². The molecule has 1 rings (SSSR count). The molecule has 1 aromatic rings. The van der Waals surface area contributed by atoms with Crippen molar-refractivity contribution in [2.45, 2.75) is 13.0 Å². The Morgan fingerprint density at radius 3 is 2.86 bits per heavy atom. The molecule has 0 atom stereocenters. The largest absolute Gasteiger partial charge is 0.508 e. The van der Waals surface area contributed by atoms with Gasteiger partial charge in [0.05, 0.1) is 0 Å². The van der Waals surface area contributed by atoms with E-state index in [-0.39, 0.29) is 0 Å². The van der Waals surface area contributed by atoms with Crippen molar-refractivity contribution in [3.05, 3.63) is 29.8 Å². The number of para-hydroxylation sites is 1. The van der Waals surface area contributed by atoms with Crippen LogP contribution in [0.2, 0.25) is 0 Å². The minimum Gasteiger partial charge on any atom is -0.508 e. The van der Waals surface area contributed by atoms with Gasteiger partial charge in [0.2, 0.25) is 0 Å².